The molecule has 3 aromatic rings. The summed E-state index contributed by atoms with van der Waals surface area (Å²) in [4.78, 5) is 12.1. The molecule has 3 rings (SSSR count). The summed E-state index contributed by atoms with van der Waals surface area (Å²) in [7, 11) is 0. The Morgan fingerprint density at radius 1 is 0.667 bits per heavy atom. The van der Waals surface area contributed by atoms with Crippen LogP contribution in [0.5, 0.6) is 0 Å². The van der Waals surface area contributed by atoms with Crippen LogP contribution in [0.1, 0.15) is 43.0 Å². The minimum Gasteiger partial charge on any atom is -0.399 e. The molecule has 0 aliphatic carbocycles. The molecule has 0 heterocycles. The first-order chi connectivity index (χ1) is 14.6. The fraction of sp³-hybridized carbons (Fsp3) is 0.208. The van der Waals surface area contributed by atoms with E-state index in [0.717, 1.165) is 36.2 Å². The van der Waals surface area contributed by atoms with Gasteiger partial charge in [0, 0.05) is 17.7 Å². The zero-order chi connectivity index (χ0) is 21.2. The molecule has 0 aliphatic heterocycles. The van der Waals surface area contributed by atoms with Crippen LogP contribution in [0, 0.1) is 0 Å². The molecule has 3 aromatic carbocycles. The van der Waals surface area contributed by atoms with Crippen LogP contribution in [0.4, 0.5) is 28.4 Å². The van der Waals surface area contributed by atoms with Gasteiger partial charge in [-0.15, -0.1) is 0 Å². The Bertz CT molecular complexity index is 1010. The first kappa shape index (κ1) is 21.0. The highest BCUT2D eigenvalue weighted by Crippen LogP contribution is 2.24. The number of nitrogens with two attached hydrogens (primary N) is 1. The van der Waals surface area contributed by atoms with Gasteiger partial charge in [0.15, 0.2) is 5.78 Å². The van der Waals surface area contributed by atoms with Gasteiger partial charge in [-0.2, -0.15) is 20.5 Å². The number of hydrogen-bond acceptors (Lipinski definition) is 6. The molecule has 0 atom stereocenters. The van der Waals surface area contributed by atoms with Crippen LogP contribution in [-0.4, -0.2) is 5.78 Å². The van der Waals surface area contributed by atoms with Crippen LogP contribution in [0.3, 0.4) is 0 Å². The number of carbonyl (C=O) groups is 1. The Morgan fingerprint density at radius 2 is 1.07 bits per heavy atom. The van der Waals surface area contributed by atoms with Crippen LogP contribution in [0.2, 0.25) is 0 Å². The number of unbranched alkanes of at least 4 members (excludes halogenated alkanes) is 2. The Labute approximate surface area is 176 Å². The van der Waals surface area contributed by atoms with Crippen molar-refractivity contribution in [2.24, 2.45) is 20.5 Å². The van der Waals surface area contributed by atoms with Crippen LogP contribution < -0.4 is 5.73 Å². The van der Waals surface area contributed by atoms with Gasteiger partial charge >= 0.3 is 0 Å². The van der Waals surface area contributed by atoms with E-state index in [0.29, 0.717) is 23.5 Å². The van der Waals surface area contributed by atoms with E-state index in [1.54, 1.807) is 12.1 Å². The molecule has 0 aromatic heterocycles. The Balaban J connectivity index is 1.57. The maximum absolute atomic E-state index is 12.1. The summed E-state index contributed by atoms with van der Waals surface area (Å²) in [5.74, 6) is 0.177. The van der Waals surface area contributed by atoms with E-state index in [9.17, 15) is 4.79 Å². The highest BCUT2D eigenvalue weighted by atomic mass is 16.1. The highest BCUT2D eigenvalue weighted by molar-refractivity contribution is 5.96. The first-order valence-electron chi connectivity index (χ1n) is 10.1. The topological polar surface area (TPSA) is 92.5 Å². The monoisotopic (exact) mass is 399 g/mol. The van der Waals surface area contributed by atoms with Crippen molar-refractivity contribution in [1.29, 1.82) is 0 Å². The first-order valence-corrected chi connectivity index (χ1v) is 10.1. The van der Waals surface area contributed by atoms with Gasteiger partial charge < -0.3 is 5.73 Å². The number of rotatable bonds is 9. The van der Waals surface area contributed by atoms with Crippen molar-refractivity contribution in [3.63, 3.8) is 0 Å². The number of ketones is 1. The van der Waals surface area contributed by atoms with E-state index in [1.165, 1.54) is 0 Å². The van der Waals surface area contributed by atoms with E-state index >= 15 is 0 Å². The standard InChI is InChI=1S/C24H25N5O/c1-2-3-4-5-24(30)18-6-10-20(11-7-18)26-28-22-14-16-23(17-15-22)29-27-21-12-8-19(25)9-13-21/h6-17H,2-5,25H2,1H3. The predicted octanol–water partition coefficient (Wildman–Crippen LogP) is 7.86. The molecule has 0 radical (unpaired) electrons. The number of nitrogens with zero attached hydrogens (tertiary/aromatic N) is 4. The second kappa shape index (κ2) is 10.8. The Kier molecular flexibility index (Phi) is 7.55. The van der Waals surface area contributed by atoms with Gasteiger partial charge in [-0.1, -0.05) is 19.8 Å². The summed E-state index contributed by atoms with van der Waals surface area (Å²) in [5, 5.41) is 16.8. The SMILES string of the molecule is CCCCCC(=O)c1ccc(N=Nc2ccc(N=Nc3ccc(N)cc3)cc2)cc1. The van der Waals surface area contributed by atoms with Crippen molar-refractivity contribution < 1.29 is 4.79 Å². The number of benzene rings is 3. The highest BCUT2D eigenvalue weighted by Gasteiger charge is 2.05. The fourth-order valence-electron chi connectivity index (χ4n) is 2.75. The number of hydrogen-bond donors (Lipinski definition) is 1. The van der Waals surface area contributed by atoms with Crippen molar-refractivity contribution in [2.75, 3.05) is 5.73 Å². The molecule has 6 nitrogen and oxygen atoms in total. The molecule has 0 saturated heterocycles. The number of Topliss-reactive ketones (excluding diaryl/α,β-unsaturated/α-hetero) is 1. The summed E-state index contributed by atoms with van der Waals surface area (Å²) in [6.07, 6.45) is 3.72. The van der Waals surface area contributed by atoms with Gasteiger partial charge in [0.1, 0.15) is 0 Å². The quantitative estimate of drug-likeness (QED) is 0.172. The fourth-order valence-corrected chi connectivity index (χ4v) is 2.75. The van der Waals surface area contributed by atoms with Crippen molar-refractivity contribution in [1.82, 2.24) is 0 Å². The molecular formula is C24H25N5O. The Morgan fingerprint density at radius 3 is 1.50 bits per heavy atom. The van der Waals surface area contributed by atoms with Gasteiger partial charge in [-0.3, -0.25) is 4.79 Å². The van der Waals surface area contributed by atoms with Crippen LogP contribution in [0.25, 0.3) is 0 Å². The van der Waals surface area contributed by atoms with E-state index < -0.39 is 0 Å². The third-order valence-electron chi connectivity index (χ3n) is 4.50. The summed E-state index contributed by atoms with van der Waals surface area (Å²) in [6, 6.07) is 21.7. The minimum absolute atomic E-state index is 0.177. The van der Waals surface area contributed by atoms with E-state index in [1.807, 2.05) is 60.7 Å². The maximum Gasteiger partial charge on any atom is 0.162 e. The smallest absolute Gasteiger partial charge is 0.162 e. The van der Waals surface area contributed by atoms with Gasteiger partial charge in [0.25, 0.3) is 0 Å². The molecule has 30 heavy (non-hydrogen) atoms. The molecule has 0 aliphatic rings. The van der Waals surface area contributed by atoms with Gasteiger partial charge in [-0.05, 0) is 79.2 Å². The molecule has 0 amide bonds. The second-order valence-corrected chi connectivity index (χ2v) is 6.94. The van der Waals surface area contributed by atoms with Gasteiger partial charge in [-0.25, -0.2) is 0 Å². The van der Waals surface area contributed by atoms with Gasteiger partial charge in [0.05, 0.1) is 22.7 Å². The molecular weight excluding hydrogens is 374 g/mol. The molecule has 6 heteroatoms. The number of nitrogen functional groups attached to an aromatic ring is 1. The Hall–Kier alpha value is -3.67. The number of azo groups is 2. The lowest BCUT2D eigenvalue weighted by atomic mass is 10.0. The molecule has 0 spiro atoms. The summed E-state index contributed by atoms with van der Waals surface area (Å²) in [6.45, 7) is 2.13. The van der Waals surface area contributed by atoms with Crippen molar-refractivity contribution >= 4 is 34.2 Å². The lowest BCUT2D eigenvalue weighted by molar-refractivity contribution is 0.0979. The molecule has 0 fully saturated rings. The number of carbonyl (C=O) groups excluding carboxylic acids is 1. The molecule has 152 valence electrons. The molecule has 0 unspecified atom stereocenters. The molecule has 0 saturated carbocycles. The largest absolute Gasteiger partial charge is 0.399 e. The average Bonchev–Trinajstić information content (AvgIpc) is 2.78. The third-order valence-corrected chi connectivity index (χ3v) is 4.50. The summed E-state index contributed by atoms with van der Waals surface area (Å²) < 4.78 is 0. The normalized spacial score (nSPS) is 11.4. The second-order valence-electron chi connectivity index (χ2n) is 6.94. The number of anilines is 1. The molecule has 2 N–H and O–H groups in total. The van der Waals surface area contributed by atoms with Crippen LogP contribution in [0.15, 0.2) is 93.3 Å². The van der Waals surface area contributed by atoms with E-state index in [-0.39, 0.29) is 5.78 Å². The zero-order valence-corrected chi connectivity index (χ0v) is 17.0. The summed E-state index contributed by atoms with van der Waals surface area (Å²) in [5.41, 5.74) is 9.94. The predicted molar refractivity (Wildman–Crippen MR) is 121 cm³/mol. The van der Waals surface area contributed by atoms with E-state index in [2.05, 4.69) is 27.4 Å². The minimum atomic E-state index is 0.177. The zero-order valence-electron chi connectivity index (χ0n) is 17.0. The average molecular weight is 399 g/mol. The van der Waals surface area contributed by atoms with Crippen molar-refractivity contribution in [2.45, 2.75) is 32.6 Å². The lowest BCUT2D eigenvalue weighted by Crippen LogP contribution is -1.97. The van der Waals surface area contributed by atoms with E-state index in [4.69, 9.17) is 5.73 Å². The van der Waals surface area contributed by atoms with Crippen molar-refractivity contribution in [3.05, 3.63) is 78.4 Å². The van der Waals surface area contributed by atoms with Gasteiger partial charge in [0.2, 0.25) is 0 Å². The van der Waals surface area contributed by atoms with Crippen molar-refractivity contribution in [3.8, 4) is 0 Å². The lowest BCUT2D eigenvalue weighted by Gasteiger charge is -2.01. The molecule has 0 bridgehead atoms. The van der Waals surface area contributed by atoms with Crippen LogP contribution >= 0.6 is 0 Å². The summed E-state index contributed by atoms with van der Waals surface area (Å²) >= 11 is 0. The van der Waals surface area contributed by atoms with Crippen LogP contribution in [-0.2, 0) is 0 Å². The third kappa shape index (κ3) is 6.44. The maximum atomic E-state index is 12.1.